The minimum Gasteiger partial charge on any atom is -0.463 e. The van der Waals surface area contributed by atoms with Gasteiger partial charge in [0.15, 0.2) is 6.29 Å². The number of hydrogen-bond donors (Lipinski definition) is 0. The number of esters is 1. The van der Waals surface area contributed by atoms with Crippen LogP contribution < -0.4 is 0 Å². The number of alkyl halides is 1. The molecule has 0 aliphatic rings. The van der Waals surface area contributed by atoms with E-state index in [1.165, 1.54) is 6.92 Å². The van der Waals surface area contributed by atoms with Gasteiger partial charge >= 0.3 is 5.97 Å². The molecule has 0 rings (SSSR count). The summed E-state index contributed by atoms with van der Waals surface area (Å²) in [5.74, 6) is -0.0715. The smallest absolute Gasteiger partial charge is 0.302 e. The number of ether oxygens (including phenoxy) is 3. The molecule has 0 spiro atoms. The summed E-state index contributed by atoms with van der Waals surface area (Å²) in [7, 11) is 0. The van der Waals surface area contributed by atoms with Crippen LogP contribution in [0.15, 0.2) is 0 Å². The third-order valence-corrected chi connectivity index (χ3v) is 1.77. The van der Waals surface area contributed by atoms with Gasteiger partial charge in [0.05, 0.1) is 5.88 Å². The molecule has 0 aliphatic heterocycles. The summed E-state index contributed by atoms with van der Waals surface area (Å²) in [5, 5.41) is 0. The standard InChI is InChI=1S/C9H17ClO4/c1-4-12-8(3)14-9(5-10)6-13-7(2)11/h8-9H,4-6H2,1-3H3/t8-,9+/m0/s1. The second-order valence-corrected chi connectivity index (χ2v) is 3.05. The van der Waals surface area contributed by atoms with Crippen LogP contribution in [0.2, 0.25) is 0 Å². The monoisotopic (exact) mass is 224 g/mol. The first kappa shape index (κ1) is 13.7. The minimum absolute atomic E-state index is 0.163. The third kappa shape index (κ3) is 7.12. The van der Waals surface area contributed by atoms with E-state index >= 15 is 0 Å². The summed E-state index contributed by atoms with van der Waals surface area (Å²) in [6.45, 7) is 5.73. The minimum atomic E-state index is -0.340. The largest absolute Gasteiger partial charge is 0.463 e. The molecule has 0 bridgehead atoms. The van der Waals surface area contributed by atoms with E-state index in [9.17, 15) is 4.79 Å². The van der Waals surface area contributed by atoms with Gasteiger partial charge in [-0.15, -0.1) is 11.6 Å². The maximum absolute atomic E-state index is 10.5. The van der Waals surface area contributed by atoms with Crippen LogP contribution in [-0.4, -0.2) is 37.5 Å². The highest BCUT2D eigenvalue weighted by Crippen LogP contribution is 2.03. The molecular weight excluding hydrogens is 208 g/mol. The first-order valence-corrected chi connectivity index (χ1v) is 5.10. The first-order valence-electron chi connectivity index (χ1n) is 4.56. The van der Waals surface area contributed by atoms with Gasteiger partial charge in [0.1, 0.15) is 12.7 Å². The molecule has 0 aromatic carbocycles. The van der Waals surface area contributed by atoms with Crippen LogP contribution in [0.25, 0.3) is 0 Å². The average molecular weight is 225 g/mol. The summed E-state index contributed by atoms with van der Waals surface area (Å²) in [4.78, 5) is 10.5. The summed E-state index contributed by atoms with van der Waals surface area (Å²) >= 11 is 5.62. The Morgan fingerprint density at radius 1 is 1.50 bits per heavy atom. The zero-order valence-corrected chi connectivity index (χ0v) is 9.54. The Hall–Kier alpha value is -0.320. The quantitative estimate of drug-likeness (QED) is 0.374. The molecule has 0 aliphatic carbocycles. The lowest BCUT2D eigenvalue weighted by Crippen LogP contribution is -2.28. The van der Waals surface area contributed by atoms with Crippen molar-refractivity contribution in [3.63, 3.8) is 0 Å². The Balaban J connectivity index is 3.71. The number of hydrogen-bond acceptors (Lipinski definition) is 4. The lowest BCUT2D eigenvalue weighted by Gasteiger charge is -2.19. The van der Waals surface area contributed by atoms with Crippen LogP contribution in [0.4, 0.5) is 0 Å². The Bertz CT molecular complexity index is 163. The van der Waals surface area contributed by atoms with Crippen molar-refractivity contribution in [2.75, 3.05) is 19.1 Å². The van der Waals surface area contributed by atoms with E-state index < -0.39 is 0 Å². The predicted molar refractivity (Wildman–Crippen MR) is 53.3 cm³/mol. The molecule has 14 heavy (non-hydrogen) atoms. The molecule has 84 valence electrons. The van der Waals surface area contributed by atoms with Gasteiger partial charge in [0.2, 0.25) is 0 Å². The van der Waals surface area contributed by atoms with Gasteiger partial charge in [-0.3, -0.25) is 4.79 Å². The van der Waals surface area contributed by atoms with Gasteiger partial charge in [-0.2, -0.15) is 0 Å². The molecule has 0 unspecified atom stereocenters. The normalized spacial score (nSPS) is 14.9. The lowest BCUT2D eigenvalue weighted by atomic mass is 10.4. The predicted octanol–water partition coefficient (Wildman–Crippen LogP) is 1.56. The lowest BCUT2D eigenvalue weighted by molar-refractivity contribution is -0.171. The van der Waals surface area contributed by atoms with E-state index in [1.54, 1.807) is 6.92 Å². The summed E-state index contributed by atoms with van der Waals surface area (Å²) < 4.78 is 15.3. The fourth-order valence-corrected chi connectivity index (χ4v) is 1.04. The second-order valence-electron chi connectivity index (χ2n) is 2.74. The van der Waals surface area contributed by atoms with E-state index in [4.69, 9.17) is 25.8 Å². The highest BCUT2D eigenvalue weighted by atomic mass is 35.5. The molecule has 0 saturated heterocycles. The maximum Gasteiger partial charge on any atom is 0.302 e. The third-order valence-electron chi connectivity index (χ3n) is 1.43. The summed E-state index contributed by atoms with van der Waals surface area (Å²) in [6, 6.07) is 0. The summed E-state index contributed by atoms with van der Waals surface area (Å²) in [6.07, 6.45) is -0.651. The van der Waals surface area contributed by atoms with Crippen LogP contribution in [0.5, 0.6) is 0 Å². The van der Waals surface area contributed by atoms with Gasteiger partial charge in [-0.25, -0.2) is 0 Å². The molecule has 0 saturated carbocycles. The Morgan fingerprint density at radius 3 is 2.57 bits per heavy atom. The Labute approximate surface area is 89.5 Å². The fourth-order valence-electron chi connectivity index (χ4n) is 0.876. The molecule has 0 heterocycles. The first-order chi connectivity index (χ1) is 6.60. The van der Waals surface area contributed by atoms with Gasteiger partial charge in [-0.1, -0.05) is 0 Å². The number of rotatable bonds is 7. The molecule has 0 radical (unpaired) electrons. The van der Waals surface area contributed by atoms with Crippen molar-refractivity contribution in [2.45, 2.75) is 33.2 Å². The fraction of sp³-hybridized carbons (Fsp3) is 0.889. The van der Waals surface area contributed by atoms with Crippen molar-refractivity contribution in [3.05, 3.63) is 0 Å². The molecule has 0 fully saturated rings. The molecule has 4 nitrogen and oxygen atoms in total. The van der Waals surface area contributed by atoms with E-state index in [1.807, 2.05) is 6.92 Å². The van der Waals surface area contributed by atoms with E-state index in [0.717, 1.165) is 0 Å². The second kappa shape index (κ2) is 8.03. The average Bonchev–Trinajstić information content (AvgIpc) is 2.12. The molecule has 0 amide bonds. The van der Waals surface area contributed by atoms with E-state index in [-0.39, 0.29) is 30.9 Å². The van der Waals surface area contributed by atoms with Crippen LogP contribution >= 0.6 is 11.6 Å². The molecule has 0 N–H and O–H groups in total. The zero-order valence-electron chi connectivity index (χ0n) is 8.79. The number of carbonyl (C=O) groups excluding carboxylic acids is 1. The van der Waals surface area contributed by atoms with Gasteiger partial charge in [0.25, 0.3) is 0 Å². The van der Waals surface area contributed by atoms with Crippen LogP contribution in [-0.2, 0) is 19.0 Å². The highest BCUT2D eigenvalue weighted by molar-refractivity contribution is 6.18. The van der Waals surface area contributed by atoms with Crippen LogP contribution in [0, 0.1) is 0 Å². The molecule has 5 heteroatoms. The van der Waals surface area contributed by atoms with Gasteiger partial charge in [0, 0.05) is 13.5 Å². The van der Waals surface area contributed by atoms with Crippen molar-refractivity contribution in [3.8, 4) is 0 Å². The van der Waals surface area contributed by atoms with E-state index in [0.29, 0.717) is 6.61 Å². The Morgan fingerprint density at radius 2 is 2.14 bits per heavy atom. The van der Waals surface area contributed by atoms with E-state index in [2.05, 4.69) is 0 Å². The Kier molecular flexibility index (Phi) is 7.84. The van der Waals surface area contributed by atoms with Crippen molar-refractivity contribution in [1.82, 2.24) is 0 Å². The summed E-state index contributed by atoms with van der Waals surface area (Å²) in [5.41, 5.74) is 0. The molecule has 0 aromatic rings. The number of carbonyl (C=O) groups is 1. The van der Waals surface area contributed by atoms with Crippen LogP contribution in [0.1, 0.15) is 20.8 Å². The zero-order chi connectivity index (χ0) is 11.0. The SMILES string of the molecule is CCO[C@H](C)O[C@H](CCl)COC(C)=O. The van der Waals surface area contributed by atoms with Crippen molar-refractivity contribution >= 4 is 17.6 Å². The van der Waals surface area contributed by atoms with Gasteiger partial charge < -0.3 is 14.2 Å². The molecular formula is C9H17ClO4. The highest BCUT2D eigenvalue weighted by Gasteiger charge is 2.13. The van der Waals surface area contributed by atoms with Crippen molar-refractivity contribution in [2.24, 2.45) is 0 Å². The maximum atomic E-state index is 10.5. The number of halogens is 1. The van der Waals surface area contributed by atoms with Crippen molar-refractivity contribution in [1.29, 1.82) is 0 Å². The van der Waals surface area contributed by atoms with Gasteiger partial charge in [-0.05, 0) is 13.8 Å². The van der Waals surface area contributed by atoms with Crippen LogP contribution in [0.3, 0.4) is 0 Å². The molecule has 0 aromatic heterocycles. The molecule has 2 atom stereocenters. The van der Waals surface area contributed by atoms with Crippen molar-refractivity contribution < 1.29 is 19.0 Å². The topological polar surface area (TPSA) is 44.8 Å².